The topological polar surface area (TPSA) is 74.6 Å². The van der Waals surface area contributed by atoms with Crippen molar-refractivity contribution < 1.29 is 14.0 Å². The van der Waals surface area contributed by atoms with Crippen molar-refractivity contribution >= 4 is 34.2 Å². The van der Waals surface area contributed by atoms with Crippen LogP contribution >= 0.6 is 11.3 Å². The van der Waals surface area contributed by atoms with Gasteiger partial charge in [-0.05, 0) is 42.5 Å². The summed E-state index contributed by atoms with van der Waals surface area (Å²) >= 11 is 1.43. The van der Waals surface area contributed by atoms with Crippen molar-refractivity contribution in [2.24, 2.45) is 0 Å². The Bertz CT molecular complexity index is 1370. The Morgan fingerprint density at radius 3 is 2.40 bits per heavy atom. The van der Waals surface area contributed by atoms with Gasteiger partial charge in [0, 0.05) is 61.9 Å². The van der Waals surface area contributed by atoms with Crippen LogP contribution in [0.4, 0.5) is 4.39 Å². The average Bonchev–Trinajstić information content (AvgIpc) is 3.54. The van der Waals surface area contributed by atoms with Crippen molar-refractivity contribution in [1.29, 1.82) is 0 Å². The predicted octanol–water partition coefficient (Wildman–Crippen LogP) is 2.90. The highest BCUT2D eigenvalue weighted by Crippen LogP contribution is 2.24. The Labute approximate surface area is 205 Å². The van der Waals surface area contributed by atoms with Crippen LogP contribution in [0.1, 0.15) is 20.8 Å². The summed E-state index contributed by atoms with van der Waals surface area (Å²) in [6.07, 6.45) is 1.69. The number of imidazole rings is 1. The largest absolute Gasteiger partial charge is 0.335 e. The van der Waals surface area contributed by atoms with Crippen LogP contribution in [0.15, 0.2) is 59.7 Å². The third-order valence-corrected chi connectivity index (χ3v) is 7.40. The smallest absolute Gasteiger partial charge is 0.273 e. The number of likely N-dealkylation sites (tertiary alicyclic amines) is 1. The van der Waals surface area contributed by atoms with Gasteiger partial charge in [-0.3, -0.25) is 19.1 Å². The second kappa shape index (κ2) is 8.86. The number of nitrogens with zero attached hydrogens (tertiary/aromatic N) is 6. The highest BCUT2D eigenvalue weighted by atomic mass is 32.1. The normalized spacial score (nSPS) is 17.1. The SMILES string of the molecule is O=C(c1ccc2c(c1)ncn2-c1ccc(F)cc1)N1CC(N2CCN(C(=O)c3cscn3)CC2)C1. The summed E-state index contributed by atoms with van der Waals surface area (Å²) in [6, 6.07) is 12.1. The minimum absolute atomic E-state index is 0.00294. The van der Waals surface area contributed by atoms with E-state index >= 15 is 0 Å². The molecule has 0 atom stereocenters. The molecular weight excluding hydrogens is 467 g/mol. The number of hydrogen-bond acceptors (Lipinski definition) is 6. The van der Waals surface area contributed by atoms with Gasteiger partial charge >= 0.3 is 0 Å². The Balaban J connectivity index is 1.06. The number of halogens is 1. The lowest BCUT2D eigenvalue weighted by Crippen LogP contribution is -2.64. The minimum atomic E-state index is -0.287. The van der Waals surface area contributed by atoms with Crippen molar-refractivity contribution in [3.63, 3.8) is 0 Å². The Hall–Kier alpha value is -3.63. The van der Waals surface area contributed by atoms with E-state index in [0.717, 1.165) is 29.8 Å². The van der Waals surface area contributed by atoms with E-state index in [2.05, 4.69) is 14.9 Å². The molecule has 0 saturated carbocycles. The van der Waals surface area contributed by atoms with Gasteiger partial charge in [-0.25, -0.2) is 14.4 Å². The highest BCUT2D eigenvalue weighted by Gasteiger charge is 2.37. The van der Waals surface area contributed by atoms with Gasteiger partial charge in [0.25, 0.3) is 11.8 Å². The van der Waals surface area contributed by atoms with Crippen molar-refractivity contribution in [1.82, 2.24) is 29.2 Å². The number of amides is 2. The predicted molar refractivity (Wildman–Crippen MR) is 130 cm³/mol. The zero-order valence-corrected chi connectivity index (χ0v) is 19.7. The molecule has 2 aliphatic heterocycles. The summed E-state index contributed by atoms with van der Waals surface area (Å²) in [5.74, 6) is -0.296. The number of thiazole rings is 1. The van der Waals surface area contributed by atoms with Gasteiger partial charge in [-0.1, -0.05) is 0 Å². The van der Waals surface area contributed by atoms with Gasteiger partial charge in [0.05, 0.1) is 16.5 Å². The fraction of sp³-hybridized carbons (Fsp3) is 0.280. The maximum absolute atomic E-state index is 13.3. The summed E-state index contributed by atoms with van der Waals surface area (Å²) in [6.45, 7) is 4.31. The molecule has 2 saturated heterocycles. The van der Waals surface area contributed by atoms with Crippen molar-refractivity contribution in [3.05, 3.63) is 76.8 Å². The monoisotopic (exact) mass is 490 g/mol. The number of piperazine rings is 1. The summed E-state index contributed by atoms with van der Waals surface area (Å²) < 4.78 is 15.1. The van der Waals surface area contributed by atoms with Crippen LogP contribution in [0.5, 0.6) is 0 Å². The summed E-state index contributed by atoms with van der Waals surface area (Å²) in [5.41, 5.74) is 5.20. The molecule has 0 N–H and O–H groups in total. The molecule has 4 heterocycles. The van der Waals surface area contributed by atoms with Gasteiger partial charge in [0.15, 0.2) is 0 Å². The molecule has 0 radical (unpaired) electrons. The van der Waals surface area contributed by atoms with Crippen LogP contribution in [-0.4, -0.2) is 86.4 Å². The summed E-state index contributed by atoms with van der Waals surface area (Å²) in [7, 11) is 0. The first-order chi connectivity index (χ1) is 17.1. The number of carbonyl (C=O) groups is 2. The molecule has 2 aromatic carbocycles. The van der Waals surface area contributed by atoms with Crippen LogP contribution in [0, 0.1) is 5.82 Å². The number of benzene rings is 2. The lowest BCUT2D eigenvalue weighted by molar-refractivity contribution is 0.00844. The molecule has 0 bridgehead atoms. The molecule has 2 fully saturated rings. The average molecular weight is 491 g/mol. The molecule has 35 heavy (non-hydrogen) atoms. The van der Waals surface area contributed by atoms with Crippen LogP contribution in [0.3, 0.4) is 0 Å². The van der Waals surface area contributed by atoms with Crippen molar-refractivity contribution in [2.75, 3.05) is 39.3 Å². The quantitative estimate of drug-likeness (QED) is 0.440. The van der Waals surface area contributed by atoms with E-state index in [1.54, 1.807) is 29.4 Å². The number of rotatable bonds is 4. The maximum Gasteiger partial charge on any atom is 0.273 e. The van der Waals surface area contributed by atoms with E-state index in [1.807, 2.05) is 32.6 Å². The minimum Gasteiger partial charge on any atom is -0.335 e. The zero-order valence-electron chi connectivity index (χ0n) is 18.9. The van der Waals surface area contributed by atoms with Gasteiger partial charge in [0.1, 0.15) is 17.8 Å². The molecule has 8 nitrogen and oxygen atoms in total. The lowest BCUT2D eigenvalue weighted by atomic mass is 10.0. The molecule has 178 valence electrons. The van der Waals surface area contributed by atoms with Gasteiger partial charge in [0.2, 0.25) is 0 Å². The number of hydrogen-bond donors (Lipinski definition) is 0. The van der Waals surface area contributed by atoms with Crippen LogP contribution in [-0.2, 0) is 0 Å². The second-order valence-electron chi connectivity index (χ2n) is 8.86. The van der Waals surface area contributed by atoms with E-state index in [-0.39, 0.29) is 17.6 Å². The first-order valence-electron chi connectivity index (χ1n) is 11.5. The molecule has 6 rings (SSSR count). The lowest BCUT2D eigenvalue weighted by Gasteiger charge is -2.48. The van der Waals surface area contributed by atoms with Crippen molar-refractivity contribution in [2.45, 2.75) is 6.04 Å². The molecule has 0 unspecified atom stereocenters. The number of fused-ring (bicyclic) bond motifs is 1. The Morgan fingerprint density at radius 1 is 0.914 bits per heavy atom. The molecule has 2 aromatic heterocycles. The molecule has 0 spiro atoms. The molecule has 10 heteroatoms. The standard InChI is InChI=1S/C25H23FN6O2S/c26-18-2-4-19(5-3-18)32-15-27-21-11-17(1-6-23(21)32)24(33)31-12-20(13-31)29-7-9-30(10-8-29)25(34)22-14-35-16-28-22/h1-6,11,14-16,20H,7-10,12-13H2. The van der Waals surface area contributed by atoms with Gasteiger partial charge < -0.3 is 9.80 Å². The first kappa shape index (κ1) is 21.9. The fourth-order valence-electron chi connectivity index (χ4n) is 4.76. The van der Waals surface area contributed by atoms with Gasteiger partial charge in [-0.2, -0.15) is 0 Å². The van der Waals surface area contributed by atoms with E-state index in [1.165, 1.54) is 23.5 Å². The Morgan fingerprint density at radius 2 is 1.69 bits per heavy atom. The van der Waals surface area contributed by atoms with E-state index < -0.39 is 0 Å². The van der Waals surface area contributed by atoms with E-state index in [4.69, 9.17) is 0 Å². The highest BCUT2D eigenvalue weighted by molar-refractivity contribution is 7.07. The van der Waals surface area contributed by atoms with E-state index in [9.17, 15) is 14.0 Å². The number of aromatic nitrogens is 3. The van der Waals surface area contributed by atoms with Crippen LogP contribution in [0.2, 0.25) is 0 Å². The molecule has 4 aromatic rings. The summed E-state index contributed by atoms with van der Waals surface area (Å²) in [5, 5.41) is 1.79. The fourth-order valence-corrected chi connectivity index (χ4v) is 5.28. The zero-order chi connectivity index (χ0) is 23.9. The van der Waals surface area contributed by atoms with E-state index in [0.29, 0.717) is 43.5 Å². The van der Waals surface area contributed by atoms with Gasteiger partial charge in [-0.15, -0.1) is 11.3 Å². The number of carbonyl (C=O) groups excluding carboxylic acids is 2. The molecule has 2 amide bonds. The summed E-state index contributed by atoms with van der Waals surface area (Å²) in [4.78, 5) is 40.2. The van der Waals surface area contributed by atoms with Crippen LogP contribution < -0.4 is 0 Å². The van der Waals surface area contributed by atoms with Crippen molar-refractivity contribution in [3.8, 4) is 5.69 Å². The molecular formula is C25H23FN6O2S. The molecule has 0 aliphatic carbocycles. The third-order valence-electron chi connectivity index (χ3n) is 6.82. The Kier molecular flexibility index (Phi) is 5.54. The first-order valence-corrected chi connectivity index (χ1v) is 12.4. The van der Waals surface area contributed by atoms with Crippen LogP contribution in [0.25, 0.3) is 16.7 Å². The maximum atomic E-state index is 13.3. The third kappa shape index (κ3) is 4.08. The molecule has 2 aliphatic rings. The second-order valence-corrected chi connectivity index (χ2v) is 9.58.